The number of halogens is 2. The molecule has 0 heterocycles. The van der Waals surface area contributed by atoms with E-state index in [1.807, 2.05) is 42.5 Å². The molecular weight excluding hydrogens is 555 g/mol. The first kappa shape index (κ1) is 31.2. The second-order valence-corrected chi connectivity index (χ2v) is 9.82. The molecule has 3 aromatic carbocycles. The average Bonchev–Trinajstić information content (AvgIpc) is 2.92. The van der Waals surface area contributed by atoms with Gasteiger partial charge in [0.1, 0.15) is 12.4 Å². The van der Waals surface area contributed by atoms with Gasteiger partial charge in [0.15, 0.2) is 6.10 Å². The van der Waals surface area contributed by atoms with Gasteiger partial charge < -0.3 is 29.5 Å². The van der Waals surface area contributed by atoms with E-state index in [0.29, 0.717) is 60.8 Å². The van der Waals surface area contributed by atoms with Gasteiger partial charge in [-0.25, -0.2) is 9.59 Å². The lowest BCUT2D eigenvalue weighted by atomic mass is 10.1. The van der Waals surface area contributed by atoms with Crippen LogP contribution in [-0.4, -0.2) is 61.0 Å². The Balaban J connectivity index is 1.50. The maximum absolute atomic E-state index is 13.0. The first-order valence-corrected chi connectivity index (χ1v) is 13.8. The largest absolute Gasteiger partial charge is 0.492 e. The maximum atomic E-state index is 13.0. The Bertz CT molecular complexity index is 1190. The van der Waals surface area contributed by atoms with Gasteiger partial charge in [-0.05, 0) is 66.9 Å². The number of nitrogens with one attached hydrogen (secondary N) is 1. The van der Waals surface area contributed by atoms with Crippen molar-refractivity contribution in [2.75, 3.05) is 38.2 Å². The predicted octanol–water partition coefficient (Wildman–Crippen LogP) is 6.55. The number of para-hydroxylation sites is 1. The molecule has 0 radical (unpaired) electrons. The Morgan fingerprint density at radius 1 is 0.925 bits per heavy atom. The fourth-order valence-electron chi connectivity index (χ4n) is 3.91. The van der Waals surface area contributed by atoms with Gasteiger partial charge in [-0.15, -0.1) is 0 Å². The summed E-state index contributed by atoms with van der Waals surface area (Å²) in [4.78, 5) is 26.0. The highest BCUT2D eigenvalue weighted by Gasteiger charge is 2.18. The zero-order valence-electron chi connectivity index (χ0n) is 22.4. The average molecular weight is 590 g/mol. The minimum absolute atomic E-state index is 0.234. The van der Waals surface area contributed by atoms with Gasteiger partial charge in [0.05, 0.1) is 13.2 Å². The standard InChI is InChI=1S/C30H34Cl2N2O6/c1-2-39-28(29(35)36)19-22-9-11-27(12-10-22)40-16-14-34(30(37)33-26-7-4-3-5-8-26)13-6-15-38-21-23-17-24(31)20-25(32)18-23/h3-5,7-12,17-18,20,28H,2,6,13-16,19,21H2,1H3,(H,33,37)(H,35,36). The Kier molecular flexibility index (Phi) is 13.1. The third-order valence-corrected chi connectivity index (χ3v) is 6.27. The van der Waals surface area contributed by atoms with E-state index in [1.54, 1.807) is 42.2 Å². The molecule has 8 nitrogen and oxygen atoms in total. The van der Waals surface area contributed by atoms with Crippen molar-refractivity contribution >= 4 is 40.9 Å². The van der Waals surface area contributed by atoms with Crippen LogP contribution in [-0.2, 0) is 27.3 Å². The lowest BCUT2D eigenvalue weighted by molar-refractivity contribution is -0.149. The molecule has 0 aromatic heterocycles. The van der Waals surface area contributed by atoms with Crippen molar-refractivity contribution in [3.05, 3.63) is 94.0 Å². The number of nitrogens with zero attached hydrogens (tertiary/aromatic N) is 1. The number of ether oxygens (including phenoxy) is 3. The topological polar surface area (TPSA) is 97.3 Å². The number of anilines is 1. The molecular formula is C30H34Cl2N2O6. The van der Waals surface area contributed by atoms with Crippen LogP contribution in [0.4, 0.5) is 10.5 Å². The molecule has 3 rings (SSSR count). The third-order valence-electron chi connectivity index (χ3n) is 5.84. The van der Waals surface area contributed by atoms with Crippen molar-refractivity contribution in [1.29, 1.82) is 0 Å². The SMILES string of the molecule is CCOC(Cc1ccc(OCCN(CCCOCc2cc(Cl)cc(Cl)c2)C(=O)Nc2ccccc2)cc1)C(=O)O. The molecule has 214 valence electrons. The van der Waals surface area contributed by atoms with Crippen molar-refractivity contribution in [3.63, 3.8) is 0 Å². The van der Waals surface area contributed by atoms with E-state index < -0.39 is 12.1 Å². The zero-order valence-corrected chi connectivity index (χ0v) is 23.9. The number of carbonyl (C=O) groups is 2. The Labute approximate surface area is 244 Å². The van der Waals surface area contributed by atoms with Crippen LogP contribution in [0.3, 0.4) is 0 Å². The van der Waals surface area contributed by atoms with Gasteiger partial charge in [-0.2, -0.15) is 0 Å². The summed E-state index contributed by atoms with van der Waals surface area (Å²) >= 11 is 12.1. The molecule has 0 saturated carbocycles. The molecule has 1 unspecified atom stereocenters. The van der Waals surface area contributed by atoms with Crippen molar-refractivity contribution in [1.82, 2.24) is 4.90 Å². The summed E-state index contributed by atoms with van der Waals surface area (Å²) in [5.74, 6) is -0.366. The first-order valence-electron chi connectivity index (χ1n) is 13.0. The number of hydrogen-bond donors (Lipinski definition) is 2. The van der Waals surface area contributed by atoms with Crippen molar-refractivity contribution in [2.45, 2.75) is 32.5 Å². The van der Waals surface area contributed by atoms with E-state index in [-0.39, 0.29) is 19.1 Å². The molecule has 0 fully saturated rings. The summed E-state index contributed by atoms with van der Waals surface area (Å²) in [6.07, 6.45) is -0.000229. The van der Waals surface area contributed by atoms with Crippen molar-refractivity contribution in [3.8, 4) is 5.75 Å². The van der Waals surface area contributed by atoms with E-state index >= 15 is 0 Å². The van der Waals surface area contributed by atoms with Gasteiger partial charge in [-0.3, -0.25) is 0 Å². The summed E-state index contributed by atoms with van der Waals surface area (Å²) in [5, 5.41) is 13.3. The second-order valence-electron chi connectivity index (χ2n) is 8.95. The molecule has 1 atom stereocenters. The van der Waals surface area contributed by atoms with Gasteiger partial charge in [0.2, 0.25) is 0 Å². The predicted molar refractivity (Wildman–Crippen MR) is 156 cm³/mol. The van der Waals surface area contributed by atoms with E-state index in [2.05, 4.69) is 5.32 Å². The lowest BCUT2D eigenvalue weighted by Crippen LogP contribution is -2.39. The van der Waals surface area contributed by atoms with Crippen LogP contribution >= 0.6 is 23.2 Å². The monoisotopic (exact) mass is 588 g/mol. The number of rotatable bonds is 16. The van der Waals surface area contributed by atoms with E-state index in [1.165, 1.54) is 0 Å². The van der Waals surface area contributed by atoms with Crippen LogP contribution in [0, 0.1) is 0 Å². The number of benzene rings is 3. The smallest absolute Gasteiger partial charge is 0.333 e. The first-order chi connectivity index (χ1) is 19.3. The Hall–Kier alpha value is -3.30. The zero-order chi connectivity index (χ0) is 28.7. The van der Waals surface area contributed by atoms with Gasteiger partial charge in [0.25, 0.3) is 0 Å². The van der Waals surface area contributed by atoms with Gasteiger partial charge in [-0.1, -0.05) is 53.5 Å². The highest BCUT2D eigenvalue weighted by atomic mass is 35.5. The Morgan fingerprint density at radius 2 is 1.62 bits per heavy atom. The van der Waals surface area contributed by atoms with Crippen molar-refractivity contribution < 1.29 is 28.9 Å². The van der Waals surface area contributed by atoms with Crippen LogP contribution in [0.15, 0.2) is 72.8 Å². The number of urea groups is 1. The summed E-state index contributed by atoms with van der Waals surface area (Å²) in [7, 11) is 0. The molecule has 10 heteroatoms. The number of amides is 2. The minimum atomic E-state index is -0.990. The third kappa shape index (κ3) is 11.1. The van der Waals surface area contributed by atoms with Gasteiger partial charge >= 0.3 is 12.0 Å². The highest BCUT2D eigenvalue weighted by molar-refractivity contribution is 6.34. The van der Waals surface area contributed by atoms with Gasteiger partial charge in [0, 0.05) is 41.9 Å². The molecule has 0 aliphatic heterocycles. The quantitative estimate of drug-likeness (QED) is 0.184. The maximum Gasteiger partial charge on any atom is 0.333 e. The molecule has 2 N–H and O–H groups in total. The number of carbonyl (C=O) groups excluding carboxylic acids is 1. The number of aliphatic carboxylic acids is 1. The van der Waals surface area contributed by atoms with Crippen LogP contribution in [0.5, 0.6) is 5.75 Å². The minimum Gasteiger partial charge on any atom is -0.492 e. The fraction of sp³-hybridized carbons (Fsp3) is 0.333. The molecule has 0 aliphatic rings. The molecule has 0 saturated heterocycles. The molecule has 0 bridgehead atoms. The van der Waals surface area contributed by atoms with Crippen LogP contribution in [0.25, 0.3) is 0 Å². The second kappa shape index (κ2) is 16.7. The molecule has 2 amide bonds. The molecule has 0 spiro atoms. The summed E-state index contributed by atoms with van der Waals surface area (Å²) < 4.78 is 16.9. The molecule has 40 heavy (non-hydrogen) atoms. The summed E-state index contributed by atoms with van der Waals surface area (Å²) in [6, 6.07) is 21.5. The van der Waals surface area contributed by atoms with Crippen LogP contribution in [0.2, 0.25) is 10.0 Å². The lowest BCUT2D eigenvalue weighted by Gasteiger charge is -2.23. The van der Waals surface area contributed by atoms with Crippen molar-refractivity contribution in [2.24, 2.45) is 0 Å². The normalized spacial score (nSPS) is 11.6. The summed E-state index contributed by atoms with van der Waals surface area (Å²) in [6.45, 7) is 4.01. The van der Waals surface area contributed by atoms with E-state index in [0.717, 1.165) is 11.1 Å². The Morgan fingerprint density at radius 3 is 2.27 bits per heavy atom. The number of carboxylic acids is 1. The van der Waals surface area contributed by atoms with Crippen LogP contribution < -0.4 is 10.1 Å². The number of carboxylic acid groups (broad SMARTS) is 1. The van der Waals surface area contributed by atoms with E-state index in [4.69, 9.17) is 37.4 Å². The highest BCUT2D eigenvalue weighted by Crippen LogP contribution is 2.20. The molecule has 3 aromatic rings. The fourth-order valence-corrected chi connectivity index (χ4v) is 4.48. The van der Waals surface area contributed by atoms with E-state index in [9.17, 15) is 14.7 Å². The molecule has 0 aliphatic carbocycles. The van der Waals surface area contributed by atoms with Crippen LogP contribution in [0.1, 0.15) is 24.5 Å². The number of hydrogen-bond acceptors (Lipinski definition) is 5. The summed E-state index contributed by atoms with van der Waals surface area (Å²) in [5.41, 5.74) is 2.42.